The molecule has 2 bridgehead atoms. The maximum absolute atomic E-state index is 13.4. The Morgan fingerprint density at radius 3 is 2.71 bits per heavy atom. The summed E-state index contributed by atoms with van der Waals surface area (Å²) in [5.74, 6) is 0.566. The Morgan fingerprint density at radius 1 is 1.12 bits per heavy atom. The Labute approximate surface area is 254 Å². The van der Waals surface area contributed by atoms with Crippen molar-refractivity contribution in [2.24, 2.45) is 11.8 Å². The van der Waals surface area contributed by atoms with E-state index in [9.17, 15) is 18.3 Å². The Morgan fingerprint density at radius 2 is 1.95 bits per heavy atom. The van der Waals surface area contributed by atoms with E-state index in [1.165, 1.54) is 15.4 Å². The van der Waals surface area contributed by atoms with Crippen LogP contribution in [0.5, 0.6) is 5.75 Å². The number of aliphatic hydroxyl groups is 1. The SMILES string of the molecule is CCN1[C@@H](C)CCC[C@H](O)[C@@H]2CC[C@H]2CN2C[C@@]3(CCCc4cc(Cl)ccc43)COc3ccc(cc32)C(=O)NS1(=O)=O. The molecule has 0 radical (unpaired) electrons. The molecule has 2 aliphatic heterocycles. The Balaban J connectivity index is 1.41. The van der Waals surface area contributed by atoms with E-state index in [0.29, 0.717) is 44.1 Å². The Kier molecular flexibility index (Phi) is 8.24. The summed E-state index contributed by atoms with van der Waals surface area (Å²) >= 11 is 6.39. The second-order valence-electron chi connectivity index (χ2n) is 12.8. The number of nitrogens with one attached hydrogen (secondary N) is 1. The van der Waals surface area contributed by atoms with Crippen LogP contribution in [0, 0.1) is 11.8 Å². The highest BCUT2D eigenvalue weighted by atomic mass is 35.5. The molecule has 4 aliphatic rings. The van der Waals surface area contributed by atoms with Crippen LogP contribution < -0.4 is 14.4 Å². The van der Waals surface area contributed by atoms with Gasteiger partial charge in [-0.2, -0.15) is 12.7 Å². The zero-order valence-electron chi connectivity index (χ0n) is 24.5. The minimum atomic E-state index is -4.06. The molecule has 10 heteroatoms. The summed E-state index contributed by atoms with van der Waals surface area (Å²) in [5, 5.41) is 12.0. The van der Waals surface area contributed by atoms with Crippen LogP contribution in [-0.2, 0) is 22.0 Å². The molecule has 2 aromatic carbocycles. The van der Waals surface area contributed by atoms with Crippen molar-refractivity contribution in [2.45, 2.75) is 82.8 Å². The number of nitrogens with zero attached hydrogens (tertiary/aromatic N) is 2. The van der Waals surface area contributed by atoms with Gasteiger partial charge in [-0.05, 0) is 112 Å². The number of hydrogen-bond donors (Lipinski definition) is 2. The first-order valence-electron chi connectivity index (χ1n) is 15.4. The van der Waals surface area contributed by atoms with E-state index in [1.807, 2.05) is 13.0 Å². The van der Waals surface area contributed by atoms with Gasteiger partial charge in [0, 0.05) is 41.7 Å². The van der Waals surface area contributed by atoms with E-state index in [1.54, 1.807) is 25.1 Å². The van der Waals surface area contributed by atoms with Gasteiger partial charge < -0.3 is 14.7 Å². The van der Waals surface area contributed by atoms with Crippen LogP contribution in [0.3, 0.4) is 0 Å². The Hall–Kier alpha value is -2.33. The summed E-state index contributed by atoms with van der Waals surface area (Å²) in [5.41, 5.74) is 3.35. The van der Waals surface area contributed by atoms with Crippen molar-refractivity contribution in [1.82, 2.24) is 9.03 Å². The topological polar surface area (TPSA) is 99.2 Å². The van der Waals surface area contributed by atoms with Gasteiger partial charge in [-0.1, -0.05) is 24.6 Å². The Bertz CT molecular complexity index is 1450. The molecule has 5 atom stereocenters. The van der Waals surface area contributed by atoms with E-state index in [0.717, 1.165) is 49.4 Å². The highest BCUT2D eigenvalue weighted by Gasteiger charge is 2.44. The summed E-state index contributed by atoms with van der Waals surface area (Å²) in [6, 6.07) is 11.1. The average Bonchev–Trinajstić information content (AvgIpc) is 3.07. The number of halogens is 1. The average molecular weight is 616 g/mol. The molecule has 2 aliphatic carbocycles. The number of aryl methyl sites for hydroxylation is 1. The van der Waals surface area contributed by atoms with Gasteiger partial charge in [-0.15, -0.1) is 0 Å². The molecule has 0 saturated heterocycles. The molecule has 2 heterocycles. The van der Waals surface area contributed by atoms with Crippen molar-refractivity contribution in [3.8, 4) is 5.75 Å². The molecule has 6 rings (SSSR count). The molecule has 228 valence electrons. The summed E-state index contributed by atoms with van der Waals surface area (Å²) in [7, 11) is -4.06. The summed E-state index contributed by atoms with van der Waals surface area (Å²) < 4.78 is 36.8. The minimum Gasteiger partial charge on any atom is -0.490 e. The van der Waals surface area contributed by atoms with Crippen LogP contribution in [0.25, 0.3) is 0 Å². The number of carbonyl (C=O) groups excluding carboxylic acids is 1. The van der Waals surface area contributed by atoms with Crippen LogP contribution in [0.4, 0.5) is 5.69 Å². The van der Waals surface area contributed by atoms with Crippen molar-refractivity contribution in [3.63, 3.8) is 0 Å². The lowest BCUT2D eigenvalue weighted by atomic mass is 9.68. The summed E-state index contributed by atoms with van der Waals surface area (Å²) in [6.07, 6.45) is 6.57. The van der Waals surface area contributed by atoms with Crippen molar-refractivity contribution >= 4 is 33.4 Å². The van der Waals surface area contributed by atoms with Crippen LogP contribution in [0.15, 0.2) is 36.4 Å². The van der Waals surface area contributed by atoms with Gasteiger partial charge in [-0.3, -0.25) is 4.79 Å². The normalized spacial score (nSPS) is 31.6. The molecule has 1 saturated carbocycles. The third kappa shape index (κ3) is 5.53. The highest BCUT2D eigenvalue weighted by molar-refractivity contribution is 7.87. The predicted molar refractivity (Wildman–Crippen MR) is 165 cm³/mol. The number of rotatable bonds is 1. The first-order chi connectivity index (χ1) is 20.1. The second-order valence-corrected chi connectivity index (χ2v) is 14.8. The van der Waals surface area contributed by atoms with Gasteiger partial charge in [0.15, 0.2) is 0 Å². The monoisotopic (exact) mass is 615 g/mol. The zero-order chi connectivity index (χ0) is 29.6. The van der Waals surface area contributed by atoms with Gasteiger partial charge in [-0.25, -0.2) is 4.72 Å². The third-order valence-electron chi connectivity index (χ3n) is 10.2. The number of amides is 1. The molecule has 1 amide bonds. The number of fused-ring (bicyclic) bond motifs is 4. The van der Waals surface area contributed by atoms with Crippen LogP contribution in [0.1, 0.15) is 80.3 Å². The predicted octanol–water partition coefficient (Wildman–Crippen LogP) is 5.07. The number of benzene rings is 2. The van der Waals surface area contributed by atoms with Crippen molar-refractivity contribution < 1.29 is 23.1 Å². The zero-order valence-corrected chi connectivity index (χ0v) is 26.1. The lowest BCUT2D eigenvalue weighted by molar-refractivity contribution is 0.00850. The molecular formula is C32H42ClN3O5S. The fraction of sp³-hybridized carbons (Fsp3) is 0.594. The third-order valence-corrected chi connectivity index (χ3v) is 12.1. The fourth-order valence-corrected chi connectivity index (χ4v) is 9.38. The van der Waals surface area contributed by atoms with E-state index in [4.69, 9.17) is 16.3 Å². The number of ether oxygens (including phenoxy) is 1. The standard InChI is InChI=1S/C32H42ClN3O5S/c1-3-36-21(2)6-4-8-29(37)26-12-9-24(26)18-35-19-32(15-5-7-22-16-25(33)11-13-27(22)32)20-41-30-14-10-23(17-28(30)35)31(38)34-42(36,39)40/h10-11,13-14,16-17,21,24,26,29,37H,3-9,12,15,18-20H2,1-2H3,(H,34,38)/t21-,24-,26+,29-,32-/m0/s1. The molecule has 2 N–H and O–H groups in total. The van der Waals surface area contributed by atoms with Gasteiger partial charge in [0.25, 0.3) is 5.91 Å². The molecule has 1 spiro atoms. The first-order valence-corrected chi connectivity index (χ1v) is 17.2. The number of aliphatic hydroxyl groups excluding tert-OH is 1. The lowest BCUT2D eigenvalue weighted by Gasteiger charge is -2.46. The molecule has 0 aromatic heterocycles. The van der Waals surface area contributed by atoms with E-state index in [-0.39, 0.29) is 29.5 Å². The number of hydrogen-bond acceptors (Lipinski definition) is 6. The van der Waals surface area contributed by atoms with Gasteiger partial charge in [0.2, 0.25) is 0 Å². The highest BCUT2D eigenvalue weighted by Crippen LogP contribution is 2.47. The maximum Gasteiger partial charge on any atom is 0.304 e. The first kappa shape index (κ1) is 29.7. The lowest BCUT2D eigenvalue weighted by Crippen LogP contribution is -2.50. The molecule has 2 aromatic rings. The maximum atomic E-state index is 13.4. The fourth-order valence-electron chi connectivity index (χ4n) is 7.80. The quantitative estimate of drug-likeness (QED) is 0.465. The second kappa shape index (κ2) is 11.6. The molecular weight excluding hydrogens is 574 g/mol. The van der Waals surface area contributed by atoms with Crippen molar-refractivity contribution in [3.05, 3.63) is 58.1 Å². The van der Waals surface area contributed by atoms with E-state index < -0.39 is 22.2 Å². The summed E-state index contributed by atoms with van der Waals surface area (Å²) in [4.78, 5) is 15.7. The molecule has 1 fully saturated rings. The largest absolute Gasteiger partial charge is 0.490 e. The number of anilines is 1. The van der Waals surface area contributed by atoms with Crippen molar-refractivity contribution in [2.75, 3.05) is 31.1 Å². The smallest absolute Gasteiger partial charge is 0.304 e. The van der Waals surface area contributed by atoms with Crippen LogP contribution >= 0.6 is 11.6 Å². The van der Waals surface area contributed by atoms with Crippen LogP contribution in [0.2, 0.25) is 5.02 Å². The molecule has 42 heavy (non-hydrogen) atoms. The molecule has 8 nitrogen and oxygen atoms in total. The van der Waals surface area contributed by atoms with Crippen LogP contribution in [-0.4, -0.2) is 62.1 Å². The van der Waals surface area contributed by atoms with Gasteiger partial charge >= 0.3 is 10.2 Å². The minimum absolute atomic E-state index is 0.201. The van der Waals surface area contributed by atoms with E-state index in [2.05, 4.69) is 21.8 Å². The van der Waals surface area contributed by atoms with Crippen molar-refractivity contribution in [1.29, 1.82) is 0 Å². The number of carbonyl (C=O) groups is 1. The van der Waals surface area contributed by atoms with Gasteiger partial charge in [0.05, 0.1) is 18.4 Å². The van der Waals surface area contributed by atoms with E-state index >= 15 is 0 Å². The molecule has 0 unspecified atom stereocenters. The van der Waals surface area contributed by atoms with Gasteiger partial charge in [0.1, 0.15) is 5.75 Å². The summed E-state index contributed by atoms with van der Waals surface area (Å²) in [6.45, 7) is 5.84.